The Morgan fingerprint density at radius 3 is 2.38 bits per heavy atom. The minimum absolute atomic E-state index is 0.0941. The van der Waals surface area contributed by atoms with Crippen LogP contribution in [-0.2, 0) is 6.61 Å². The third-order valence-corrected chi connectivity index (χ3v) is 5.50. The smallest absolute Gasteiger partial charge is 0.292 e. The van der Waals surface area contributed by atoms with Gasteiger partial charge in [-0.2, -0.15) is 0 Å². The Labute approximate surface area is 161 Å². The fourth-order valence-electron chi connectivity index (χ4n) is 3.38. The molecule has 0 amide bonds. The molecule has 1 aliphatic rings. The summed E-state index contributed by atoms with van der Waals surface area (Å²) in [5.74, 6) is 0. The highest BCUT2D eigenvalue weighted by molar-refractivity contribution is 9.10. The van der Waals surface area contributed by atoms with Crippen molar-refractivity contribution in [3.63, 3.8) is 0 Å². The Hall–Kier alpha value is -1.96. The summed E-state index contributed by atoms with van der Waals surface area (Å²) in [4.78, 5) is 15.4. The predicted molar refractivity (Wildman–Crippen MR) is 105 cm³/mol. The van der Waals surface area contributed by atoms with E-state index in [-0.39, 0.29) is 17.2 Å². The molecule has 1 unspecified atom stereocenters. The molecule has 6 nitrogen and oxygen atoms in total. The van der Waals surface area contributed by atoms with E-state index in [9.17, 15) is 15.2 Å². The Balaban J connectivity index is 1.72. The molecule has 1 saturated heterocycles. The van der Waals surface area contributed by atoms with E-state index in [2.05, 4.69) is 39.9 Å². The molecular weight excluding hydrogens is 398 g/mol. The van der Waals surface area contributed by atoms with Crippen LogP contribution in [-0.4, -0.2) is 41.1 Å². The van der Waals surface area contributed by atoms with Crippen molar-refractivity contribution in [2.75, 3.05) is 31.1 Å². The molecule has 1 fully saturated rings. The number of piperazine rings is 1. The standard InChI is InChI=1S/C19H22BrN3O3/c1-14(16-3-5-17(20)6-4-16)21-8-10-22(11-9-21)19-12-15(13-24)2-7-18(19)23(25)26/h2-7,12,14,24H,8-11,13H2,1H3. The number of nitrogens with zero attached hydrogens (tertiary/aromatic N) is 3. The first-order valence-electron chi connectivity index (χ1n) is 8.62. The Bertz CT molecular complexity index is 774. The van der Waals surface area contributed by atoms with Gasteiger partial charge in [0.15, 0.2) is 0 Å². The second-order valence-corrected chi connectivity index (χ2v) is 7.40. The van der Waals surface area contributed by atoms with Gasteiger partial charge in [-0.15, -0.1) is 0 Å². The molecule has 1 heterocycles. The van der Waals surface area contributed by atoms with Gasteiger partial charge in [0.2, 0.25) is 0 Å². The molecule has 2 aromatic rings. The second kappa shape index (κ2) is 8.16. The van der Waals surface area contributed by atoms with E-state index in [1.165, 1.54) is 11.6 Å². The number of aliphatic hydroxyl groups excluding tert-OH is 1. The molecule has 0 bridgehead atoms. The topological polar surface area (TPSA) is 69.8 Å². The van der Waals surface area contributed by atoms with Crippen molar-refractivity contribution in [3.05, 3.63) is 68.2 Å². The van der Waals surface area contributed by atoms with Crippen LogP contribution in [0.1, 0.15) is 24.1 Å². The maximum Gasteiger partial charge on any atom is 0.292 e. The first-order chi connectivity index (χ1) is 12.5. The summed E-state index contributed by atoms with van der Waals surface area (Å²) in [5.41, 5.74) is 2.64. The van der Waals surface area contributed by atoms with Gasteiger partial charge >= 0.3 is 0 Å². The highest BCUT2D eigenvalue weighted by Gasteiger charge is 2.26. The van der Waals surface area contributed by atoms with Crippen LogP contribution in [0.25, 0.3) is 0 Å². The number of halogens is 1. The fraction of sp³-hybridized carbons (Fsp3) is 0.368. The molecule has 0 spiro atoms. The number of hydrogen-bond donors (Lipinski definition) is 1. The zero-order chi connectivity index (χ0) is 18.7. The molecule has 1 N–H and O–H groups in total. The molecule has 0 aliphatic carbocycles. The van der Waals surface area contributed by atoms with Gasteiger partial charge in [-0.05, 0) is 42.3 Å². The van der Waals surface area contributed by atoms with E-state index in [1.807, 2.05) is 17.0 Å². The highest BCUT2D eigenvalue weighted by Crippen LogP contribution is 2.31. The number of benzene rings is 2. The van der Waals surface area contributed by atoms with Crippen molar-refractivity contribution in [2.45, 2.75) is 19.6 Å². The molecule has 26 heavy (non-hydrogen) atoms. The molecule has 3 rings (SSSR count). The first-order valence-corrected chi connectivity index (χ1v) is 9.41. The van der Waals surface area contributed by atoms with Crippen molar-refractivity contribution in [3.8, 4) is 0 Å². The van der Waals surface area contributed by atoms with E-state index < -0.39 is 0 Å². The summed E-state index contributed by atoms with van der Waals surface area (Å²) in [6, 6.07) is 13.5. The lowest BCUT2D eigenvalue weighted by atomic mass is 10.1. The predicted octanol–water partition coefficient (Wildman–Crippen LogP) is 3.73. The summed E-state index contributed by atoms with van der Waals surface area (Å²) in [5, 5.41) is 20.7. The van der Waals surface area contributed by atoms with E-state index in [1.54, 1.807) is 12.1 Å². The molecule has 1 aliphatic heterocycles. The molecule has 7 heteroatoms. The molecule has 1 atom stereocenters. The lowest BCUT2D eigenvalue weighted by Gasteiger charge is -2.39. The maximum atomic E-state index is 11.4. The molecule has 2 aromatic carbocycles. The SMILES string of the molecule is CC(c1ccc(Br)cc1)N1CCN(c2cc(CO)ccc2[N+](=O)[O-])CC1. The number of hydrogen-bond acceptors (Lipinski definition) is 5. The van der Waals surface area contributed by atoms with Crippen LogP contribution in [0.5, 0.6) is 0 Å². The van der Waals surface area contributed by atoms with Crippen LogP contribution >= 0.6 is 15.9 Å². The number of nitro benzene ring substituents is 1. The molecule has 0 aromatic heterocycles. The average Bonchev–Trinajstić information content (AvgIpc) is 2.67. The summed E-state index contributed by atoms with van der Waals surface area (Å²) >= 11 is 3.46. The van der Waals surface area contributed by atoms with Gasteiger partial charge in [0.1, 0.15) is 5.69 Å². The third-order valence-electron chi connectivity index (χ3n) is 4.97. The largest absolute Gasteiger partial charge is 0.392 e. The highest BCUT2D eigenvalue weighted by atomic mass is 79.9. The zero-order valence-corrected chi connectivity index (χ0v) is 16.2. The first kappa shape index (κ1) is 18.8. The Kier molecular flexibility index (Phi) is 5.90. The van der Waals surface area contributed by atoms with Crippen molar-refractivity contribution < 1.29 is 10.0 Å². The van der Waals surface area contributed by atoms with E-state index >= 15 is 0 Å². The molecule has 0 saturated carbocycles. The van der Waals surface area contributed by atoms with Crippen LogP contribution in [0.3, 0.4) is 0 Å². The second-order valence-electron chi connectivity index (χ2n) is 6.49. The van der Waals surface area contributed by atoms with Crippen LogP contribution < -0.4 is 4.90 Å². The zero-order valence-electron chi connectivity index (χ0n) is 14.6. The lowest BCUT2D eigenvalue weighted by molar-refractivity contribution is -0.384. The average molecular weight is 420 g/mol. The van der Waals surface area contributed by atoms with Crippen molar-refractivity contribution >= 4 is 27.3 Å². The minimum Gasteiger partial charge on any atom is -0.392 e. The van der Waals surface area contributed by atoms with E-state index in [4.69, 9.17) is 0 Å². The van der Waals surface area contributed by atoms with Gasteiger partial charge in [-0.1, -0.05) is 28.1 Å². The maximum absolute atomic E-state index is 11.4. The van der Waals surface area contributed by atoms with Gasteiger partial charge in [0.25, 0.3) is 5.69 Å². The van der Waals surface area contributed by atoms with E-state index in [0.717, 1.165) is 30.7 Å². The molecule has 138 valence electrons. The van der Waals surface area contributed by atoms with Crippen LogP contribution in [0.2, 0.25) is 0 Å². The van der Waals surface area contributed by atoms with Gasteiger partial charge in [0, 0.05) is 42.8 Å². The number of anilines is 1. The van der Waals surface area contributed by atoms with Crippen molar-refractivity contribution in [1.82, 2.24) is 4.90 Å². The van der Waals surface area contributed by atoms with Crippen LogP contribution in [0.15, 0.2) is 46.9 Å². The quantitative estimate of drug-likeness (QED) is 0.590. The van der Waals surface area contributed by atoms with Crippen LogP contribution in [0.4, 0.5) is 11.4 Å². The van der Waals surface area contributed by atoms with Gasteiger partial charge < -0.3 is 10.0 Å². The normalized spacial score (nSPS) is 16.5. The van der Waals surface area contributed by atoms with Gasteiger partial charge in [-0.25, -0.2) is 0 Å². The van der Waals surface area contributed by atoms with E-state index in [0.29, 0.717) is 17.3 Å². The van der Waals surface area contributed by atoms with Crippen molar-refractivity contribution in [1.29, 1.82) is 0 Å². The van der Waals surface area contributed by atoms with Crippen molar-refractivity contribution in [2.24, 2.45) is 0 Å². The summed E-state index contributed by atoms with van der Waals surface area (Å²) in [7, 11) is 0. The van der Waals surface area contributed by atoms with Gasteiger partial charge in [-0.3, -0.25) is 15.0 Å². The Morgan fingerprint density at radius 1 is 1.15 bits per heavy atom. The fourth-order valence-corrected chi connectivity index (χ4v) is 3.64. The van der Waals surface area contributed by atoms with Gasteiger partial charge in [0.05, 0.1) is 11.5 Å². The minimum atomic E-state index is -0.354. The monoisotopic (exact) mass is 419 g/mol. The van der Waals surface area contributed by atoms with Crippen LogP contribution in [0, 0.1) is 10.1 Å². The summed E-state index contributed by atoms with van der Waals surface area (Å²) in [6.07, 6.45) is 0. The molecule has 0 radical (unpaired) electrons. The molecular formula is C19H22BrN3O3. The number of rotatable bonds is 5. The lowest BCUT2D eigenvalue weighted by Crippen LogP contribution is -2.47. The summed E-state index contributed by atoms with van der Waals surface area (Å²) in [6.45, 7) is 5.17. The number of aliphatic hydroxyl groups is 1. The number of nitro groups is 1. The third kappa shape index (κ3) is 4.06. The summed E-state index contributed by atoms with van der Waals surface area (Å²) < 4.78 is 1.06. The Morgan fingerprint density at radius 2 is 1.81 bits per heavy atom.